The fraction of sp³-hybridized carbons (Fsp3) is 0.364. The zero-order valence-corrected chi connectivity index (χ0v) is 8.28. The molecule has 1 aromatic carbocycles. The fourth-order valence-electron chi connectivity index (χ4n) is 1.24. The summed E-state index contributed by atoms with van der Waals surface area (Å²) in [4.78, 5) is 4.37. The number of benzene rings is 1. The van der Waals surface area contributed by atoms with E-state index in [4.69, 9.17) is 0 Å². The van der Waals surface area contributed by atoms with Gasteiger partial charge in [0.25, 0.3) is 0 Å². The van der Waals surface area contributed by atoms with Gasteiger partial charge in [-0.05, 0) is 32.9 Å². The highest BCUT2D eigenvalue weighted by atomic mass is 16.3. The average Bonchev–Trinajstić information content (AvgIpc) is 2.03. The highest BCUT2D eigenvalue weighted by Gasteiger charge is 2.02. The molecule has 0 spiro atoms. The van der Waals surface area contributed by atoms with Gasteiger partial charge in [-0.1, -0.05) is 12.1 Å². The van der Waals surface area contributed by atoms with Crippen molar-refractivity contribution in [3.05, 3.63) is 29.8 Å². The van der Waals surface area contributed by atoms with Crippen LogP contribution >= 0.6 is 0 Å². The molecule has 0 fully saturated rings. The van der Waals surface area contributed by atoms with Crippen LogP contribution in [0, 0.1) is 0 Å². The summed E-state index contributed by atoms with van der Waals surface area (Å²) in [5, 5.41) is 9.51. The number of nitrogens with zero attached hydrogens (tertiary/aromatic N) is 1. The molecule has 0 heterocycles. The predicted octanol–water partition coefficient (Wildman–Crippen LogP) is 2.61. The first-order valence-electron chi connectivity index (χ1n) is 4.44. The lowest BCUT2D eigenvalue weighted by molar-refractivity contribution is 0.474. The molecule has 0 aromatic heterocycles. The molecule has 0 aliphatic heterocycles. The molecule has 1 rings (SSSR count). The molecular weight excluding hydrogens is 162 g/mol. The topological polar surface area (TPSA) is 32.6 Å². The van der Waals surface area contributed by atoms with Gasteiger partial charge in [-0.2, -0.15) is 0 Å². The molecule has 0 saturated heterocycles. The quantitative estimate of drug-likeness (QED) is 0.692. The molecule has 0 amide bonds. The van der Waals surface area contributed by atoms with Crippen molar-refractivity contribution in [3.63, 3.8) is 0 Å². The third-order valence-corrected chi connectivity index (χ3v) is 1.75. The summed E-state index contributed by atoms with van der Waals surface area (Å²) in [5.74, 6) is 0.296. The van der Waals surface area contributed by atoms with Crippen molar-refractivity contribution in [3.8, 4) is 5.75 Å². The molecule has 0 unspecified atom stereocenters. The Morgan fingerprint density at radius 2 is 1.92 bits per heavy atom. The van der Waals surface area contributed by atoms with Crippen molar-refractivity contribution in [1.29, 1.82) is 0 Å². The zero-order valence-electron chi connectivity index (χ0n) is 8.28. The van der Waals surface area contributed by atoms with Crippen molar-refractivity contribution >= 4 is 5.71 Å². The second kappa shape index (κ2) is 4.08. The number of phenolic OH excluding ortho intramolecular Hbond substituents is 1. The average molecular weight is 177 g/mol. The molecule has 0 radical (unpaired) electrons. The molecule has 1 aromatic rings. The number of aromatic hydroxyl groups is 1. The minimum absolute atomic E-state index is 0.264. The summed E-state index contributed by atoms with van der Waals surface area (Å²) in [6.07, 6.45) is 0. The van der Waals surface area contributed by atoms with Gasteiger partial charge in [0, 0.05) is 17.3 Å². The lowest BCUT2D eigenvalue weighted by Gasteiger charge is -2.05. The van der Waals surface area contributed by atoms with E-state index < -0.39 is 0 Å². The smallest absolute Gasteiger partial charge is 0.124 e. The summed E-state index contributed by atoms with van der Waals surface area (Å²) in [5.41, 5.74) is 1.70. The molecule has 1 N–H and O–H groups in total. The van der Waals surface area contributed by atoms with Crippen LogP contribution in [0.1, 0.15) is 26.3 Å². The van der Waals surface area contributed by atoms with E-state index >= 15 is 0 Å². The molecular formula is C11H15NO. The molecule has 0 aliphatic carbocycles. The van der Waals surface area contributed by atoms with Crippen LogP contribution in [0.15, 0.2) is 29.3 Å². The van der Waals surface area contributed by atoms with Crippen molar-refractivity contribution < 1.29 is 5.11 Å². The molecule has 2 heteroatoms. The maximum Gasteiger partial charge on any atom is 0.124 e. The molecule has 0 aliphatic rings. The van der Waals surface area contributed by atoms with E-state index in [9.17, 15) is 5.11 Å². The normalized spacial score (nSPS) is 12.2. The van der Waals surface area contributed by atoms with Gasteiger partial charge in [-0.15, -0.1) is 0 Å². The summed E-state index contributed by atoms with van der Waals surface area (Å²) < 4.78 is 0. The molecule has 2 nitrogen and oxygen atoms in total. The fourth-order valence-corrected chi connectivity index (χ4v) is 1.24. The van der Waals surface area contributed by atoms with Gasteiger partial charge in [0.2, 0.25) is 0 Å². The number of rotatable bonds is 2. The van der Waals surface area contributed by atoms with Gasteiger partial charge in [-0.25, -0.2) is 0 Å². The number of hydrogen-bond donors (Lipinski definition) is 1. The molecule has 0 bridgehead atoms. The summed E-state index contributed by atoms with van der Waals surface area (Å²) in [7, 11) is 0. The third-order valence-electron chi connectivity index (χ3n) is 1.75. The van der Waals surface area contributed by atoms with E-state index in [1.54, 1.807) is 6.07 Å². The maximum atomic E-state index is 9.51. The van der Waals surface area contributed by atoms with Gasteiger partial charge in [0.15, 0.2) is 0 Å². The lowest BCUT2D eigenvalue weighted by Crippen LogP contribution is -2.00. The first-order valence-corrected chi connectivity index (χ1v) is 4.44. The largest absolute Gasteiger partial charge is 0.507 e. The third kappa shape index (κ3) is 2.58. The highest BCUT2D eigenvalue weighted by Crippen LogP contribution is 2.16. The van der Waals surface area contributed by atoms with Gasteiger partial charge in [0.1, 0.15) is 5.75 Å². The van der Waals surface area contributed by atoms with Crippen LogP contribution in [-0.4, -0.2) is 16.9 Å². The van der Waals surface area contributed by atoms with Crippen LogP contribution in [0.2, 0.25) is 0 Å². The van der Waals surface area contributed by atoms with Gasteiger partial charge in [0.05, 0.1) is 0 Å². The Bertz CT molecular complexity index is 316. The Labute approximate surface area is 78.9 Å². The van der Waals surface area contributed by atoms with Crippen LogP contribution in [0.25, 0.3) is 0 Å². The van der Waals surface area contributed by atoms with Crippen LogP contribution in [0.4, 0.5) is 0 Å². The second-order valence-electron chi connectivity index (χ2n) is 3.33. The standard InChI is InChI=1S/C11H15NO/c1-8(2)12-9(3)10-6-4-5-7-11(10)13/h4-8,13H,1-3H3/b12-9+. The van der Waals surface area contributed by atoms with Gasteiger partial charge >= 0.3 is 0 Å². The minimum Gasteiger partial charge on any atom is -0.507 e. The molecule has 13 heavy (non-hydrogen) atoms. The van der Waals surface area contributed by atoms with E-state index in [0.717, 1.165) is 11.3 Å². The first kappa shape index (κ1) is 9.78. The van der Waals surface area contributed by atoms with Crippen LogP contribution < -0.4 is 0 Å². The Hall–Kier alpha value is -1.31. The number of aliphatic imine (C=N–C) groups is 1. The van der Waals surface area contributed by atoms with Crippen molar-refractivity contribution in [2.24, 2.45) is 4.99 Å². The Morgan fingerprint density at radius 1 is 1.31 bits per heavy atom. The summed E-state index contributed by atoms with van der Waals surface area (Å²) >= 11 is 0. The van der Waals surface area contributed by atoms with Crippen molar-refractivity contribution in [2.75, 3.05) is 0 Å². The molecule has 0 saturated carbocycles. The van der Waals surface area contributed by atoms with E-state index in [1.807, 2.05) is 39.0 Å². The van der Waals surface area contributed by atoms with Crippen LogP contribution in [0.3, 0.4) is 0 Å². The van der Waals surface area contributed by atoms with E-state index in [0.29, 0.717) is 5.75 Å². The van der Waals surface area contributed by atoms with E-state index in [1.165, 1.54) is 0 Å². The summed E-state index contributed by atoms with van der Waals surface area (Å²) in [6, 6.07) is 7.51. The number of phenols is 1. The summed E-state index contributed by atoms with van der Waals surface area (Å²) in [6.45, 7) is 5.95. The lowest BCUT2D eigenvalue weighted by atomic mass is 10.1. The Kier molecular flexibility index (Phi) is 3.07. The SMILES string of the molecule is C/C(=N\C(C)C)c1ccccc1O. The second-order valence-corrected chi connectivity index (χ2v) is 3.33. The Balaban J connectivity index is 3.02. The minimum atomic E-state index is 0.264. The highest BCUT2D eigenvalue weighted by molar-refractivity contribution is 6.01. The van der Waals surface area contributed by atoms with Crippen LogP contribution in [0.5, 0.6) is 5.75 Å². The van der Waals surface area contributed by atoms with Crippen molar-refractivity contribution in [2.45, 2.75) is 26.8 Å². The van der Waals surface area contributed by atoms with E-state index in [-0.39, 0.29) is 6.04 Å². The van der Waals surface area contributed by atoms with E-state index in [2.05, 4.69) is 4.99 Å². The van der Waals surface area contributed by atoms with Gasteiger partial charge in [-0.3, -0.25) is 4.99 Å². The zero-order chi connectivity index (χ0) is 9.84. The number of hydrogen-bond acceptors (Lipinski definition) is 2. The van der Waals surface area contributed by atoms with Crippen molar-refractivity contribution in [1.82, 2.24) is 0 Å². The monoisotopic (exact) mass is 177 g/mol. The maximum absolute atomic E-state index is 9.51. The first-order chi connectivity index (χ1) is 6.11. The van der Waals surface area contributed by atoms with Crippen LogP contribution in [-0.2, 0) is 0 Å². The Morgan fingerprint density at radius 3 is 2.46 bits per heavy atom. The predicted molar refractivity (Wildman–Crippen MR) is 55.5 cm³/mol. The molecule has 0 atom stereocenters. The number of para-hydroxylation sites is 1. The van der Waals surface area contributed by atoms with Gasteiger partial charge < -0.3 is 5.11 Å². The molecule has 70 valence electrons.